The van der Waals surface area contributed by atoms with Crippen LogP contribution >= 0.6 is 23.2 Å². The van der Waals surface area contributed by atoms with Crippen LogP contribution in [0.3, 0.4) is 0 Å². The van der Waals surface area contributed by atoms with E-state index in [0.29, 0.717) is 5.02 Å². The summed E-state index contributed by atoms with van der Waals surface area (Å²) in [6.07, 6.45) is 3.61. The van der Waals surface area contributed by atoms with Gasteiger partial charge in [0.05, 0.1) is 0 Å². The van der Waals surface area contributed by atoms with Gasteiger partial charge in [-0.2, -0.15) is 0 Å². The molecule has 0 aliphatic rings. The van der Waals surface area contributed by atoms with Gasteiger partial charge < -0.3 is 4.57 Å². The first kappa shape index (κ1) is 10.5. The van der Waals surface area contributed by atoms with Crippen LogP contribution in [0.25, 0.3) is 0 Å². The minimum Gasteiger partial charge on any atom is -0.336 e. The van der Waals surface area contributed by atoms with Crippen LogP contribution in [0.5, 0.6) is 0 Å². The van der Waals surface area contributed by atoms with Crippen molar-refractivity contribution in [3.05, 3.63) is 53.1 Å². The summed E-state index contributed by atoms with van der Waals surface area (Å²) in [4.78, 5) is 4.21. The third kappa shape index (κ3) is 2.16. The molecule has 0 fully saturated rings. The van der Waals surface area contributed by atoms with E-state index in [0.717, 1.165) is 11.4 Å². The van der Waals surface area contributed by atoms with Gasteiger partial charge in [0.15, 0.2) is 0 Å². The molecule has 1 heterocycles. The van der Waals surface area contributed by atoms with Crippen LogP contribution in [0.15, 0.2) is 36.7 Å². The fourth-order valence-corrected chi connectivity index (χ4v) is 1.88. The second kappa shape index (κ2) is 4.25. The molecule has 0 aliphatic heterocycles. The maximum Gasteiger partial charge on any atom is 0.131 e. The molecule has 0 aliphatic carbocycles. The molecular formula is C11H10Cl2N2. The van der Waals surface area contributed by atoms with Crippen LogP contribution in [0.4, 0.5) is 0 Å². The largest absolute Gasteiger partial charge is 0.336 e. The first-order chi connectivity index (χ1) is 7.18. The van der Waals surface area contributed by atoms with Gasteiger partial charge in [0.1, 0.15) is 11.2 Å². The molecular weight excluding hydrogens is 231 g/mol. The molecule has 0 amide bonds. The van der Waals surface area contributed by atoms with E-state index in [1.54, 1.807) is 6.20 Å². The van der Waals surface area contributed by atoms with Crippen molar-refractivity contribution >= 4 is 23.2 Å². The molecule has 2 nitrogen and oxygen atoms in total. The number of benzene rings is 1. The number of halogens is 2. The minimum absolute atomic E-state index is 0.234. The first-order valence-corrected chi connectivity index (χ1v) is 5.36. The highest BCUT2D eigenvalue weighted by Gasteiger charge is 2.14. The van der Waals surface area contributed by atoms with E-state index >= 15 is 0 Å². The summed E-state index contributed by atoms with van der Waals surface area (Å²) in [6.45, 7) is 0. The number of aryl methyl sites for hydroxylation is 1. The number of rotatable bonds is 2. The average molecular weight is 241 g/mol. The number of hydrogen-bond acceptors (Lipinski definition) is 1. The van der Waals surface area contributed by atoms with Crippen molar-refractivity contribution in [3.63, 3.8) is 0 Å². The van der Waals surface area contributed by atoms with Crippen molar-refractivity contribution in [1.82, 2.24) is 9.55 Å². The van der Waals surface area contributed by atoms with Crippen molar-refractivity contribution < 1.29 is 0 Å². The van der Waals surface area contributed by atoms with Gasteiger partial charge in [-0.15, -0.1) is 11.6 Å². The third-order valence-corrected chi connectivity index (χ3v) is 2.95. The molecule has 15 heavy (non-hydrogen) atoms. The fourth-order valence-electron chi connectivity index (χ4n) is 1.40. The van der Waals surface area contributed by atoms with E-state index in [1.165, 1.54) is 0 Å². The van der Waals surface area contributed by atoms with E-state index in [-0.39, 0.29) is 5.38 Å². The minimum atomic E-state index is -0.234. The molecule has 0 spiro atoms. The number of nitrogens with zero attached hydrogens (tertiary/aromatic N) is 2. The number of hydrogen-bond donors (Lipinski definition) is 0. The quantitative estimate of drug-likeness (QED) is 0.737. The molecule has 0 N–H and O–H groups in total. The Morgan fingerprint density at radius 3 is 2.47 bits per heavy atom. The van der Waals surface area contributed by atoms with E-state index in [9.17, 15) is 0 Å². The molecule has 78 valence electrons. The van der Waals surface area contributed by atoms with Crippen molar-refractivity contribution in [1.29, 1.82) is 0 Å². The predicted octanol–water partition coefficient (Wildman–Crippen LogP) is 3.40. The SMILES string of the molecule is Cn1ccnc1[C@@H](Cl)c1ccc(Cl)cc1. The van der Waals surface area contributed by atoms with Gasteiger partial charge in [-0.25, -0.2) is 4.98 Å². The highest BCUT2D eigenvalue weighted by atomic mass is 35.5. The molecule has 1 aromatic carbocycles. The summed E-state index contributed by atoms with van der Waals surface area (Å²) in [5, 5.41) is 0.477. The summed E-state index contributed by atoms with van der Waals surface area (Å²) in [7, 11) is 1.92. The van der Waals surface area contributed by atoms with Gasteiger partial charge in [0, 0.05) is 24.5 Å². The summed E-state index contributed by atoms with van der Waals surface area (Å²) >= 11 is 12.1. The highest BCUT2D eigenvalue weighted by Crippen LogP contribution is 2.27. The van der Waals surface area contributed by atoms with E-state index in [1.807, 2.05) is 42.1 Å². The van der Waals surface area contributed by atoms with Gasteiger partial charge in [0.25, 0.3) is 0 Å². The zero-order valence-corrected chi connectivity index (χ0v) is 9.70. The number of imidazole rings is 1. The predicted molar refractivity (Wildman–Crippen MR) is 62.4 cm³/mol. The highest BCUT2D eigenvalue weighted by molar-refractivity contribution is 6.30. The number of aromatic nitrogens is 2. The summed E-state index contributed by atoms with van der Waals surface area (Å²) in [5.41, 5.74) is 0.996. The van der Waals surface area contributed by atoms with Crippen LogP contribution in [0.1, 0.15) is 16.8 Å². The monoisotopic (exact) mass is 240 g/mol. The van der Waals surface area contributed by atoms with Crippen LogP contribution in [0.2, 0.25) is 5.02 Å². The van der Waals surface area contributed by atoms with Crippen molar-refractivity contribution in [3.8, 4) is 0 Å². The molecule has 0 unspecified atom stereocenters. The van der Waals surface area contributed by atoms with E-state index in [2.05, 4.69) is 4.98 Å². The summed E-state index contributed by atoms with van der Waals surface area (Å²) in [5.74, 6) is 0.832. The maximum atomic E-state index is 6.30. The third-order valence-electron chi connectivity index (χ3n) is 2.25. The second-order valence-corrected chi connectivity index (χ2v) is 4.18. The van der Waals surface area contributed by atoms with E-state index < -0.39 is 0 Å². The lowest BCUT2D eigenvalue weighted by molar-refractivity contribution is 0.809. The van der Waals surface area contributed by atoms with Gasteiger partial charge in [0.2, 0.25) is 0 Å². The molecule has 2 aromatic rings. The summed E-state index contributed by atoms with van der Waals surface area (Å²) in [6, 6.07) is 7.48. The Kier molecular flexibility index (Phi) is 2.98. The normalized spacial score (nSPS) is 12.7. The van der Waals surface area contributed by atoms with Gasteiger partial charge in [-0.1, -0.05) is 23.7 Å². The first-order valence-electron chi connectivity index (χ1n) is 4.55. The molecule has 0 bridgehead atoms. The Hall–Kier alpha value is -0.990. The zero-order chi connectivity index (χ0) is 10.8. The molecule has 1 atom stereocenters. The Labute approximate surface area is 98.5 Å². The Morgan fingerprint density at radius 1 is 1.27 bits per heavy atom. The van der Waals surface area contributed by atoms with Crippen LogP contribution in [-0.2, 0) is 7.05 Å². The van der Waals surface area contributed by atoms with Crippen LogP contribution < -0.4 is 0 Å². The van der Waals surface area contributed by atoms with Crippen molar-refractivity contribution in [2.75, 3.05) is 0 Å². The second-order valence-electron chi connectivity index (χ2n) is 3.31. The standard InChI is InChI=1S/C11H10Cl2N2/c1-15-7-6-14-11(15)10(13)8-2-4-9(12)5-3-8/h2-7,10H,1H3/t10-/m0/s1. The van der Waals surface area contributed by atoms with Crippen molar-refractivity contribution in [2.24, 2.45) is 7.05 Å². The molecule has 1 aromatic heterocycles. The fraction of sp³-hybridized carbons (Fsp3) is 0.182. The van der Waals surface area contributed by atoms with Crippen LogP contribution in [-0.4, -0.2) is 9.55 Å². The van der Waals surface area contributed by atoms with Gasteiger partial charge in [-0.3, -0.25) is 0 Å². The van der Waals surface area contributed by atoms with Gasteiger partial charge in [-0.05, 0) is 17.7 Å². The Balaban J connectivity index is 2.32. The Bertz CT molecular complexity index is 448. The summed E-state index contributed by atoms with van der Waals surface area (Å²) < 4.78 is 1.91. The topological polar surface area (TPSA) is 17.8 Å². The zero-order valence-electron chi connectivity index (χ0n) is 8.19. The average Bonchev–Trinajstić information content (AvgIpc) is 2.65. The lowest BCUT2D eigenvalue weighted by atomic mass is 10.1. The Morgan fingerprint density at radius 2 is 1.93 bits per heavy atom. The lowest BCUT2D eigenvalue weighted by Crippen LogP contribution is -2.01. The molecule has 2 rings (SSSR count). The van der Waals surface area contributed by atoms with Crippen molar-refractivity contribution in [2.45, 2.75) is 5.38 Å². The van der Waals surface area contributed by atoms with Gasteiger partial charge >= 0.3 is 0 Å². The van der Waals surface area contributed by atoms with Crippen LogP contribution in [0, 0.1) is 0 Å². The maximum absolute atomic E-state index is 6.30. The van der Waals surface area contributed by atoms with E-state index in [4.69, 9.17) is 23.2 Å². The smallest absolute Gasteiger partial charge is 0.131 e. The molecule has 0 radical (unpaired) electrons. The molecule has 0 saturated carbocycles. The molecule has 4 heteroatoms. The lowest BCUT2D eigenvalue weighted by Gasteiger charge is -2.09. The number of alkyl halides is 1. The molecule has 0 saturated heterocycles.